The number of nitrogens with one attached hydrogen (secondary N) is 2. The molecule has 0 saturated heterocycles. The van der Waals surface area contributed by atoms with Crippen molar-refractivity contribution < 1.29 is 9.59 Å². The second-order valence-corrected chi connectivity index (χ2v) is 6.59. The summed E-state index contributed by atoms with van der Waals surface area (Å²) >= 11 is 3.32. The number of aliphatic imine (C=N–C) groups is 1. The molecule has 1 aliphatic rings. The maximum absolute atomic E-state index is 12.4. The standard InChI is InChI=1S/C18H16BrN3O2/c1-10-7-14-15(8-11(10)2)21-18(24)16(9-20-14)22-17(23)12-3-5-13(19)6-4-12/h3-9,16H,1-2H3,(H,21,24)(H,22,23). The van der Waals surface area contributed by atoms with Crippen LogP contribution in [0.4, 0.5) is 11.4 Å². The second-order valence-electron chi connectivity index (χ2n) is 5.68. The Morgan fingerprint density at radius 1 is 1.17 bits per heavy atom. The zero-order valence-electron chi connectivity index (χ0n) is 13.3. The molecule has 0 fully saturated rings. The number of carbonyl (C=O) groups is 2. The molecule has 1 heterocycles. The third kappa shape index (κ3) is 3.38. The molecule has 5 nitrogen and oxygen atoms in total. The average Bonchev–Trinajstić information content (AvgIpc) is 2.68. The topological polar surface area (TPSA) is 70.6 Å². The number of halogens is 1. The number of hydrogen-bond donors (Lipinski definition) is 2. The summed E-state index contributed by atoms with van der Waals surface area (Å²) in [5.41, 5.74) is 3.98. The van der Waals surface area contributed by atoms with Crippen LogP contribution in [0.1, 0.15) is 21.5 Å². The lowest BCUT2D eigenvalue weighted by Crippen LogP contribution is -2.44. The summed E-state index contributed by atoms with van der Waals surface area (Å²) in [4.78, 5) is 29.0. The average molecular weight is 386 g/mol. The van der Waals surface area contributed by atoms with Crippen molar-refractivity contribution in [1.82, 2.24) is 5.32 Å². The first kappa shape index (κ1) is 16.4. The van der Waals surface area contributed by atoms with Crippen LogP contribution >= 0.6 is 15.9 Å². The van der Waals surface area contributed by atoms with Crippen molar-refractivity contribution in [2.45, 2.75) is 19.9 Å². The lowest BCUT2D eigenvalue weighted by molar-refractivity contribution is -0.116. The third-order valence-electron chi connectivity index (χ3n) is 3.91. The van der Waals surface area contributed by atoms with Gasteiger partial charge in [-0.05, 0) is 61.4 Å². The number of nitrogens with zero attached hydrogens (tertiary/aromatic N) is 1. The normalized spacial score (nSPS) is 16.1. The van der Waals surface area contributed by atoms with Gasteiger partial charge in [0.05, 0.1) is 11.4 Å². The van der Waals surface area contributed by atoms with E-state index in [0.717, 1.165) is 15.6 Å². The smallest absolute Gasteiger partial charge is 0.252 e. The Morgan fingerprint density at radius 2 is 1.83 bits per heavy atom. The quantitative estimate of drug-likeness (QED) is 0.829. The molecule has 0 aromatic heterocycles. The fourth-order valence-corrected chi connectivity index (χ4v) is 2.63. The van der Waals surface area contributed by atoms with Crippen LogP contribution in [-0.2, 0) is 4.79 Å². The number of fused-ring (bicyclic) bond motifs is 1. The molecule has 0 saturated carbocycles. The van der Waals surface area contributed by atoms with Gasteiger partial charge in [0.2, 0.25) is 0 Å². The van der Waals surface area contributed by atoms with Crippen molar-refractivity contribution in [2.75, 3.05) is 5.32 Å². The van der Waals surface area contributed by atoms with Crippen molar-refractivity contribution in [3.8, 4) is 0 Å². The molecular formula is C18H16BrN3O2. The lowest BCUT2D eigenvalue weighted by Gasteiger charge is -2.13. The van der Waals surface area contributed by atoms with Gasteiger partial charge in [0, 0.05) is 16.3 Å². The summed E-state index contributed by atoms with van der Waals surface area (Å²) in [6, 6.07) is 9.90. The van der Waals surface area contributed by atoms with Gasteiger partial charge >= 0.3 is 0 Å². The molecule has 24 heavy (non-hydrogen) atoms. The lowest BCUT2D eigenvalue weighted by atomic mass is 10.1. The number of carbonyl (C=O) groups excluding carboxylic acids is 2. The minimum atomic E-state index is -0.825. The van der Waals surface area contributed by atoms with E-state index in [9.17, 15) is 9.59 Å². The summed E-state index contributed by atoms with van der Waals surface area (Å²) in [6.45, 7) is 3.97. The summed E-state index contributed by atoms with van der Waals surface area (Å²) in [5, 5.41) is 5.51. The maximum Gasteiger partial charge on any atom is 0.252 e. The minimum absolute atomic E-state index is 0.314. The highest BCUT2D eigenvalue weighted by molar-refractivity contribution is 9.10. The van der Waals surface area contributed by atoms with Gasteiger partial charge in [0.25, 0.3) is 11.8 Å². The number of benzene rings is 2. The Balaban J connectivity index is 1.81. The van der Waals surface area contributed by atoms with Gasteiger partial charge in [-0.2, -0.15) is 0 Å². The van der Waals surface area contributed by atoms with E-state index in [1.807, 2.05) is 26.0 Å². The van der Waals surface area contributed by atoms with Gasteiger partial charge in [-0.3, -0.25) is 14.6 Å². The van der Waals surface area contributed by atoms with E-state index in [2.05, 4.69) is 31.6 Å². The second kappa shape index (κ2) is 6.57. The molecule has 122 valence electrons. The van der Waals surface area contributed by atoms with Gasteiger partial charge in [-0.25, -0.2) is 0 Å². The molecule has 1 atom stereocenters. The van der Waals surface area contributed by atoms with Gasteiger partial charge < -0.3 is 10.6 Å². The van der Waals surface area contributed by atoms with Crippen LogP contribution < -0.4 is 10.6 Å². The SMILES string of the molecule is Cc1cc2c(cc1C)NC(=O)C(NC(=O)c1ccc(Br)cc1)C=N2. The van der Waals surface area contributed by atoms with Crippen LogP contribution in [0.25, 0.3) is 0 Å². The fourth-order valence-electron chi connectivity index (χ4n) is 2.37. The zero-order chi connectivity index (χ0) is 17.3. The molecule has 2 amide bonds. The highest BCUT2D eigenvalue weighted by Gasteiger charge is 2.23. The predicted molar refractivity (Wildman–Crippen MR) is 98.1 cm³/mol. The van der Waals surface area contributed by atoms with E-state index < -0.39 is 6.04 Å². The summed E-state index contributed by atoms with van der Waals surface area (Å²) in [6.07, 6.45) is 1.46. The Labute approximate surface area is 148 Å². The van der Waals surface area contributed by atoms with Crippen LogP contribution in [0.5, 0.6) is 0 Å². The Kier molecular flexibility index (Phi) is 4.49. The van der Waals surface area contributed by atoms with Crippen LogP contribution in [0.3, 0.4) is 0 Å². The van der Waals surface area contributed by atoms with E-state index >= 15 is 0 Å². The molecule has 0 radical (unpaired) electrons. The number of anilines is 1. The van der Waals surface area contributed by atoms with Crippen molar-refractivity contribution >= 4 is 45.3 Å². The number of amides is 2. The van der Waals surface area contributed by atoms with Crippen molar-refractivity contribution in [1.29, 1.82) is 0 Å². The van der Waals surface area contributed by atoms with E-state index in [1.54, 1.807) is 24.3 Å². The molecule has 0 aliphatic carbocycles. The highest BCUT2D eigenvalue weighted by Crippen LogP contribution is 2.29. The molecule has 2 aromatic carbocycles. The maximum atomic E-state index is 12.4. The molecule has 2 aromatic rings. The van der Waals surface area contributed by atoms with Crippen molar-refractivity contribution in [2.24, 2.45) is 4.99 Å². The highest BCUT2D eigenvalue weighted by atomic mass is 79.9. The molecule has 0 bridgehead atoms. The molecule has 2 N–H and O–H groups in total. The first-order chi connectivity index (χ1) is 11.4. The Bertz CT molecular complexity index is 844. The zero-order valence-corrected chi connectivity index (χ0v) is 14.8. The minimum Gasteiger partial charge on any atom is -0.336 e. The van der Waals surface area contributed by atoms with Crippen LogP contribution in [0, 0.1) is 13.8 Å². The summed E-state index contributed by atoms with van der Waals surface area (Å²) in [5.74, 6) is -0.640. The Morgan fingerprint density at radius 3 is 2.54 bits per heavy atom. The fraction of sp³-hybridized carbons (Fsp3) is 0.167. The van der Waals surface area contributed by atoms with Crippen LogP contribution in [0.2, 0.25) is 0 Å². The molecule has 3 rings (SSSR count). The van der Waals surface area contributed by atoms with Gasteiger partial charge in [0.1, 0.15) is 6.04 Å². The first-order valence-electron chi connectivity index (χ1n) is 7.47. The summed E-state index contributed by atoms with van der Waals surface area (Å²) < 4.78 is 0.883. The number of aryl methyl sites for hydroxylation is 2. The first-order valence-corrected chi connectivity index (χ1v) is 8.26. The molecule has 1 unspecified atom stereocenters. The Hall–Kier alpha value is -2.47. The molecule has 1 aliphatic heterocycles. The van der Waals surface area contributed by atoms with Gasteiger partial charge in [-0.15, -0.1) is 0 Å². The molecule has 0 spiro atoms. The van der Waals surface area contributed by atoms with E-state index in [0.29, 0.717) is 16.9 Å². The largest absolute Gasteiger partial charge is 0.336 e. The van der Waals surface area contributed by atoms with Crippen molar-refractivity contribution in [3.05, 3.63) is 57.6 Å². The van der Waals surface area contributed by atoms with E-state index in [1.165, 1.54) is 6.21 Å². The number of hydrogen-bond acceptors (Lipinski definition) is 3. The van der Waals surface area contributed by atoms with Crippen LogP contribution in [0.15, 0.2) is 45.9 Å². The monoisotopic (exact) mass is 385 g/mol. The van der Waals surface area contributed by atoms with Gasteiger partial charge in [0.15, 0.2) is 0 Å². The summed E-state index contributed by atoms with van der Waals surface area (Å²) in [7, 11) is 0. The van der Waals surface area contributed by atoms with Crippen molar-refractivity contribution in [3.63, 3.8) is 0 Å². The number of rotatable bonds is 2. The third-order valence-corrected chi connectivity index (χ3v) is 4.44. The molecular weight excluding hydrogens is 370 g/mol. The van der Waals surface area contributed by atoms with E-state index in [-0.39, 0.29) is 11.8 Å². The van der Waals surface area contributed by atoms with Crippen LogP contribution in [-0.4, -0.2) is 24.1 Å². The van der Waals surface area contributed by atoms with E-state index in [4.69, 9.17) is 0 Å². The van der Waals surface area contributed by atoms with Gasteiger partial charge in [-0.1, -0.05) is 15.9 Å². The predicted octanol–water partition coefficient (Wildman–Crippen LogP) is 3.52. The molecule has 6 heteroatoms.